The molecule has 2 N–H and O–H groups in total. The first kappa shape index (κ1) is 14.6. The number of benzene rings is 1. The molecule has 1 heterocycles. The van der Waals surface area contributed by atoms with Crippen molar-refractivity contribution in [2.24, 2.45) is 5.73 Å². The summed E-state index contributed by atoms with van der Waals surface area (Å²) in [6, 6.07) is 9.95. The standard InChI is InChI=1S/C14H17NO4S/c1-10-6-7-13(18-10)14(9-15)19-11-4-3-5-12(8-11)20(2,16)17/h3-8,14H,9,15H2,1-2H3. The van der Waals surface area contributed by atoms with Crippen molar-refractivity contribution < 1.29 is 17.6 Å². The van der Waals surface area contributed by atoms with Crippen LogP contribution in [0.5, 0.6) is 5.75 Å². The molecule has 2 aromatic rings. The average Bonchev–Trinajstić information content (AvgIpc) is 2.82. The van der Waals surface area contributed by atoms with Crippen molar-refractivity contribution in [3.8, 4) is 5.75 Å². The first-order valence-corrected chi connectivity index (χ1v) is 8.02. The van der Waals surface area contributed by atoms with E-state index in [-0.39, 0.29) is 11.4 Å². The highest BCUT2D eigenvalue weighted by Crippen LogP contribution is 2.25. The molecule has 5 nitrogen and oxygen atoms in total. The lowest BCUT2D eigenvalue weighted by Gasteiger charge is -2.15. The Morgan fingerprint density at radius 3 is 2.60 bits per heavy atom. The van der Waals surface area contributed by atoms with Crippen molar-refractivity contribution in [3.63, 3.8) is 0 Å². The van der Waals surface area contributed by atoms with E-state index >= 15 is 0 Å². The normalized spacial score (nSPS) is 13.2. The van der Waals surface area contributed by atoms with E-state index in [9.17, 15) is 8.42 Å². The van der Waals surface area contributed by atoms with Crippen LogP contribution in [0.25, 0.3) is 0 Å². The summed E-state index contributed by atoms with van der Waals surface area (Å²) in [5, 5.41) is 0. The van der Waals surface area contributed by atoms with Crippen LogP contribution in [-0.2, 0) is 9.84 Å². The van der Waals surface area contributed by atoms with Crippen LogP contribution >= 0.6 is 0 Å². The number of ether oxygens (including phenoxy) is 1. The van der Waals surface area contributed by atoms with Crippen molar-refractivity contribution in [2.75, 3.05) is 12.8 Å². The summed E-state index contributed by atoms with van der Waals surface area (Å²) < 4.78 is 34.2. The summed E-state index contributed by atoms with van der Waals surface area (Å²) in [6.45, 7) is 2.07. The van der Waals surface area contributed by atoms with Gasteiger partial charge in [-0.2, -0.15) is 0 Å². The highest BCUT2D eigenvalue weighted by Gasteiger charge is 2.16. The Labute approximate surface area is 118 Å². The fraction of sp³-hybridized carbons (Fsp3) is 0.286. The molecule has 2 rings (SSSR count). The van der Waals surface area contributed by atoms with Crippen molar-refractivity contribution >= 4 is 9.84 Å². The molecule has 20 heavy (non-hydrogen) atoms. The van der Waals surface area contributed by atoms with E-state index in [1.165, 1.54) is 12.1 Å². The van der Waals surface area contributed by atoms with Crippen LogP contribution in [0.15, 0.2) is 45.7 Å². The molecule has 0 aliphatic heterocycles. The van der Waals surface area contributed by atoms with E-state index in [4.69, 9.17) is 14.9 Å². The van der Waals surface area contributed by atoms with Crippen LogP contribution in [0.2, 0.25) is 0 Å². The van der Waals surface area contributed by atoms with Gasteiger partial charge in [0, 0.05) is 12.8 Å². The third-order valence-corrected chi connectivity index (χ3v) is 3.91. The monoisotopic (exact) mass is 295 g/mol. The Hall–Kier alpha value is -1.79. The molecule has 0 amide bonds. The minimum Gasteiger partial charge on any atom is -0.481 e. The number of rotatable bonds is 5. The summed E-state index contributed by atoms with van der Waals surface area (Å²) >= 11 is 0. The highest BCUT2D eigenvalue weighted by atomic mass is 32.2. The summed E-state index contributed by atoms with van der Waals surface area (Å²) in [5.41, 5.74) is 5.68. The maximum Gasteiger partial charge on any atom is 0.175 e. The Morgan fingerprint density at radius 2 is 2.05 bits per heavy atom. The molecule has 1 unspecified atom stereocenters. The second-order valence-corrected chi connectivity index (χ2v) is 6.55. The predicted molar refractivity (Wildman–Crippen MR) is 75.4 cm³/mol. The van der Waals surface area contributed by atoms with Gasteiger partial charge < -0.3 is 14.9 Å². The molecule has 0 aliphatic rings. The zero-order valence-corrected chi connectivity index (χ0v) is 12.2. The van der Waals surface area contributed by atoms with Gasteiger partial charge in [-0.25, -0.2) is 8.42 Å². The van der Waals surface area contributed by atoms with Crippen molar-refractivity contribution in [3.05, 3.63) is 47.9 Å². The third-order valence-electron chi connectivity index (χ3n) is 2.80. The highest BCUT2D eigenvalue weighted by molar-refractivity contribution is 7.90. The van der Waals surface area contributed by atoms with E-state index in [0.29, 0.717) is 11.5 Å². The average molecular weight is 295 g/mol. The van der Waals surface area contributed by atoms with Gasteiger partial charge in [0.05, 0.1) is 4.90 Å². The number of nitrogens with two attached hydrogens (primary N) is 1. The predicted octanol–water partition coefficient (Wildman–Crippen LogP) is 2.07. The van der Waals surface area contributed by atoms with Gasteiger partial charge in [-0.15, -0.1) is 0 Å². The molecule has 1 atom stereocenters. The second kappa shape index (κ2) is 5.68. The fourth-order valence-corrected chi connectivity index (χ4v) is 2.45. The first-order valence-electron chi connectivity index (χ1n) is 6.13. The summed E-state index contributed by atoms with van der Waals surface area (Å²) in [7, 11) is -3.26. The molecule has 0 bridgehead atoms. The number of aryl methyl sites for hydroxylation is 1. The van der Waals surface area contributed by atoms with E-state index in [2.05, 4.69) is 0 Å². The minimum atomic E-state index is -3.26. The molecular formula is C14H17NO4S. The van der Waals surface area contributed by atoms with Gasteiger partial charge in [0.1, 0.15) is 17.3 Å². The van der Waals surface area contributed by atoms with Gasteiger partial charge in [-0.3, -0.25) is 0 Å². The lowest BCUT2D eigenvalue weighted by Crippen LogP contribution is -2.18. The molecule has 1 aromatic heterocycles. The summed E-state index contributed by atoms with van der Waals surface area (Å²) in [5.74, 6) is 1.83. The zero-order chi connectivity index (χ0) is 14.8. The topological polar surface area (TPSA) is 82.5 Å². The van der Waals surface area contributed by atoms with E-state index < -0.39 is 15.9 Å². The van der Waals surface area contributed by atoms with Gasteiger partial charge in [-0.1, -0.05) is 6.07 Å². The smallest absolute Gasteiger partial charge is 0.175 e. The quantitative estimate of drug-likeness (QED) is 0.913. The molecule has 0 aliphatic carbocycles. The van der Waals surface area contributed by atoms with E-state index in [1.54, 1.807) is 18.2 Å². The number of hydrogen-bond acceptors (Lipinski definition) is 5. The largest absolute Gasteiger partial charge is 0.481 e. The SMILES string of the molecule is Cc1ccc(C(CN)Oc2cccc(S(C)(=O)=O)c2)o1. The van der Waals surface area contributed by atoms with Crippen LogP contribution < -0.4 is 10.5 Å². The van der Waals surface area contributed by atoms with Gasteiger partial charge in [-0.05, 0) is 37.3 Å². The zero-order valence-electron chi connectivity index (χ0n) is 11.4. The Kier molecular flexibility index (Phi) is 4.15. The molecule has 0 fully saturated rings. The van der Waals surface area contributed by atoms with Crippen LogP contribution in [0.4, 0.5) is 0 Å². The molecule has 108 valence electrons. The number of sulfone groups is 1. The number of hydrogen-bond donors (Lipinski definition) is 1. The van der Waals surface area contributed by atoms with Crippen molar-refractivity contribution in [1.82, 2.24) is 0 Å². The third kappa shape index (κ3) is 3.40. The molecule has 0 radical (unpaired) electrons. The van der Waals surface area contributed by atoms with Crippen LogP contribution in [0.3, 0.4) is 0 Å². The number of furan rings is 1. The van der Waals surface area contributed by atoms with Crippen molar-refractivity contribution in [2.45, 2.75) is 17.9 Å². The summed E-state index contributed by atoms with van der Waals surface area (Å²) in [6.07, 6.45) is 0.709. The molecule has 1 aromatic carbocycles. The maximum absolute atomic E-state index is 11.5. The molecule has 0 spiro atoms. The lowest BCUT2D eigenvalue weighted by atomic mass is 10.2. The Bertz CT molecular complexity index is 691. The van der Waals surface area contributed by atoms with E-state index in [1.807, 2.05) is 13.0 Å². The molecule has 0 saturated heterocycles. The molecule has 6 heteroatoms. The minimum absolute atomic E-state index is 0.210. The lowest BCUT2D eigenvalue weighted by molar-refractivity contribution is 0.182. The van der Waals surface area contributed by atoms with Gasteiger partial charge in [0.2, 0.25) is 0 Å². The Balaban J connectivity index is 2.24. The first-order chi connectivity index (χ1) is 9.40. The van der Waals surface area contributed by atoms with Crippen LogP contribution in [0, 0.1) is 6.92 Å². The molecular weight excluding hydrogens is 278 g/mol. The van der Waals surface area contributed by atoms with E-state index in [0.717, 1.165) is 12.0 Å². The van der Waals surface area contributed by atoms with Gasteiger partial charge in [0.25, 0.3) is 0 Å². The van der Waals surface area contributed by atoms with Gasteiger partial charge in [0.15, 0.2) is 15.9 Å². The Morgan fingerprint density at radius 1 is 1.30 bits per heavy atom. The van der Waals surface area contributed by atoms with Crippen LogP contribution in [0.1, 0.15) is 17.6 Å². The second-order valence-electron chi connectivity index (χ2n) is 4.54. The summed E-state index contributed by atoms with van der Waals surface area (Å²) in [4.78, 5) is 0.210. The maximum atomic E-state index is 11.5. The van der Waals surface area contributed by atoms with Crippen molar-refractivity contribution in [1.29, 1.82) is 0 Å². The fourth-order valence-electron chi connectivity index (χ4n) is 1.79. The molecule has 0 saturated carbocycles. The van der Waals surface area contributed by atoms with Gasteiger partial charge >= 0.3 is 0 Å². The van der Waals surface area contributed by atoms with Crippen LogP contribution in [-0.4, -0.2) is 21.2 Å².